The zero-order valence-corrected chi connectivity index (χ0v) is 20.2. The summed E-state index contributed by atoms with van der Waals surface area (Å²) in [7, 11) is 1.47. The number of aryl methyl sites for hydroxylation is 2. The highest BCUT2D eigenvalue weighted by Gasteiger charge is 2.17. The third kappa shape index (κ3) is 5.26. The maximum absolute atomic E-state index is 13.0. The van der Waals surface area contributed by atoms with Gasteiger partial charge in [0.25, 0.3) is 5.91 Å². The fourth-order valence-electron chi connectivity index (χ4n) is 3.80. The Bertz CT molecular complexity index is 1540. The van der Waals surface area contributed by atoms with Crippen molar-refractivity contribution in [2.24, 2.45) is 0 Å². The van der Waals surface area contributed by atoms with E-state index in [4.69, 9.17) is 9.47 Å². The summed E-state index contributed by atoms with van der Waals surface area (Å²) in [5.74, 6) is -0.550. The van der Waals surface area contributed by atoms with Crippen LogP contribution < -0.4 is 14.8 Å². The van der Waals surface area contributed by atoms with E-state index in [9.17, 15) is 14.9 Å². The molecule has 0 radical (unpaired) electrons. The van der Waals surface area contributed by atoms with Crippen molar-refractivity contribution in [1.82, 2.24) is 0 Å². The second kappa shape index (κ2) is 10.6. The molecule has 6 nitrogen and oxygen atoms in total. The molecule has 0 aliphatic heterocycles. The molecule has 0 fully saturated rings. The molecule has 0 aliphatic carbocycles. The lowest BCUT2D eigenvalue weighted by atomic mass is 10.0. The minimum Gasteiger partial charge on any atom is -0.493 e. The molecule has 4 aromatic carbocycles. The summed E-state index contributed by atoms with van der Waals surface area (Å²) in [5.41, 5.74) is 3.35. The first kappa shape index (κ1) is 24.2. The van der Waals surface area contributed by atoms with Crippen molar-refractivity contribution in [2.45, 2.75) is 13.8 Å². The quantitative estimate of drug-likeness (QED) is 0.154. The highest BCUT2D eigenvalue weighted by atomic mass is 16.6. The van der Waals surface area contributed by atoms with E-state index < -0.39 is 11.9 Å². The van der Waals surface area contributed by atoms with Gasteiger partial charge in [-0.2, -0.15) is 5.26 Å². The normalized spacial score (nSPS) is 11.0. The number of rotatable bonds is 6. The molecule has 0 heterocycles. The van der Waals surface area contributed by atoms with Crippen molar-refractivity contribution < 1.29 is 19.1 Å². The largest absolute Gasteiger partial charge is 0.493 e. The van der Waals surface area contributed by atoms with Gasteiger partial charge in [0, 0.05) is 5.69 Å². The Morgan fingerprint density at radius 1 is 0.917 bits per heavy atom. The Kier molecular flexibility index (Phi) is 7.12. The van der Waals surface area contributed by atoms with Crippen LogP contribution in [0.4, 0.5) is 5.69 Å². The number of hydrogen-bond donors (Lipinski definition) is 1. The van der Waals surface area contributed by atoms with E-state index in [-0.39, 0.29) is 11.3 Å². The first-order valence-electron chi connectivity index (χ1n) is 11.3. The van der Waals surface area contributed by atoms with Crippen LogP contribution in [0, 0.1) is 25.2 Å². The Hall–Kier alpha value is -4.89. The average Bonchev–Trinajstić information content (AvgIpc) is 2.89. The molecule has 0 atom stereocenters. The van der Waals surface area contributed by atoms with Gasteiger partial charge in [-0.1, -0.05) is 54.6 Å². The fourth-order valence-corrected chi connectivity index (χ4v) is 3.80. The van der Waals surface area contributed by atoms with Crippen LogP contribution in [0.3, 0.4) is 0 Å². The van der Waals surface area contributed by atoms with E-state index in [0.717, 1.165) is 21.9 Å². The number of benzene rings is 4. The molecule has 0 saturated heterocycles. The number of amides is 1. The van der Waals surface area contributed by atoms with Crippen LogP contribution in [0.15, 0.2) is 84.4 Å². The molecule has 0 aromatic heterocycles. The van der Waals surface area contributed by atoms with Crippen LogP contribution in [0.2, 0.25) is 0 Å². The van der Waals surface area contributed by atoms with Gasteiger partial charge in [-0.25, -0.2) is 4.79 Å². The Morgan fingerprint density at radius 2 is 1.69 bits per heavy atom. The average molecular weight is 477 g/mol. The summed E-state index contributed by atoms with van der Waals surface area (Å²) in [6, 6.07) is 25.5. The SMILES string of the molecule is COc1ccc(C=C(C#N)C(=O)Nc2cc(C)ccc2C)cc1OC(=O)c1cccc2ccccc12. The van der Waals surface area contributed by atoms with E-state index in [1.54, 1.807) is 30.3 Å². The number of nitrogens with one attached hydrogen (secondary N) is 1. The molecule has 178 valence electrons. The number of hydrogen-bond acceptors (Lipinski definition) is 5. The van der Waals surface area contributed by atoms with Crippen molar-refractivity contribution in [3.8, 4) is 17.6 Å². The summed E-state index contributed by atoms with van der Waals surface area (Å²) < 4.78 is 11.1. The number of nitrogens with zero attached hydrogens (tertiary/aromatic N) is 1. The maximum atomic E-state index is 13.0. The summed E-state index contributed by atoms with van der Waals surface area (Å²) in [4.78, 5) is 25.8. The molecule has 4 aromatic rings. The fraction of sp³-hybridized carbons (Fsp3) is 0.100. The Morgan fingerprint density at radius 3 is 2.47 bits per heavy atom. The molecule has 1 amide bonds. The number of fused-ring (bicyclic) bond motifs is 1. The molecule has 0 bridgehead atoms. The summed E-state index contributed by atoms with van der Waals surface area (Å²) >= 11 is 0. The lowest BCUT2D eigenvalue weighted by molar-refractivity contribution is -0.112. The molecule has 4 rings (SSSR count). The highest BCUT2D eigenvalue weighted by molar-refractivity contribution is 6.10. The van der Waals surface area contributed by atoms with E-state index in [1.165, 1.54) is 13.2 Å². The van der Waals surface area contributed by atoms with E-state index >= 15 is 0 Å². The predicted octanol–water partition coefficient (Wildman–Crippen LogP) is 6.23. The number of carbonyl (C=O) groups is 2. The van der Waals surface area contributed by atoms with Crippen LogP contribution in [0.1, 0.15) is 27.0 Å². The zero-order valence-electron chi connectivity index (χ0n) is 20.2. The zero-order chi connectivity index (χ0) is 25.7. The first-order chi connectivity index (χ1) is 17.4. The Labute approximate surface area is 209 Å². The molecule has 0 saturated carbocycles. The summed E-state index contributed by atoms with van der Waals surface area (Å²) in [6.45, 7) is 3.80. The summed E-state index contributed by atoms with van der Waals surface area (Å²) in [6.07, 6.45) is 1.44. The van der Waals surface area contributed by atoms with Crippen LogP contribution >= 0.6 is 0 Å². The predicted molar refractivity (Wildman–Crippen MR) is 140 cm³/mol. The molecular weight excluding hydrogens is 452 g/mol. The molecule has 0 unspecified atom stereocenters. The topological polar surface area (TPSA) is 88.4 Å². The van der Waals surface area contributed by atoms with Gasteiger partial charge in [0.15, 0.2) is 11.5 Å². The number of carbonyl (C=O) groups excluding carboxylic acids is 2. The van der Waals surface area contributed by atoms with Crippen molar-refractivity contribution in [3.63, 3.8) is 0 Å². The third-order valence-electron chi connectivity index (χ3n) is 5.72. The van der Waals surface area contributed by atoms with Crippen molar-refractivity contribution in [3.05, 3.63) is 107 Å². The molecular formula is C30H24N2O4. The van der Waals surface area contributed by atoms with Crippen molar-refractivity contribution in [2.75, 3.05) is 12.4 Å². The van der Waals surface area contributed by atoms with Gasteiger partial charge in [0.2, 0.25) is 0 Å². The van der Waals surface area contributed by atoms with Gasteiger partial charge < -0.3 is 14.8 Å². The van der Waals surface area contributed by atoms with Crippen LogP contribution in [0.5, 0.6) is 11.5 Å². The van der Waals surface area contributed by atoms with E-state index in [0.29, 0.717) is 22.6 Å². The van der Waals surface area contributed by atoms with Crippen LogP contribution in [0.25, 0.3) is 16.8 Å². The number of esters is 1. The van der Waals surface area contributed by atoms with Crippen LogP contribution in [-0.4, -0.2) is 19.0 Å². The van der Waals surface area contributed by atoms with E-state index in [1.807, 2.05) is 68.4 Å². The minimum absolute atomic E-state index is 0.0904. The van der Waals surface area contributed by atoms with Gasteiger partial charge in [-0.3, -0.25) is 4.79 Å². The Balaban J connectivity index is 1.62. The minimum atomic E-state index is -0.542. The van der Waals surface area contributed by atoms with Crippen molar-refractivity contribution in [1.29, 1.82) is 5.26 Å². The molecule has 1 N–H and O–H groups in total. The molecule has 0 spiro atoms. The second-order valence-corrected chi connectivity index (χ2v) is 8.27. The number of anilines is 1. The maximum Gasteiger partial charge on any atom is 0.344 e. The van der Waals surface area contributed by atoms with Gasteiger partial charge in [0.1, 0.15) is 11.6 Å². The standard InChI is InChI=1S/C30H24N2O4/c1-19-11-12-20(2)26(15-19)32-29(33)23(18-31)16-21-13-14-27(35-3)28(17-21)36-30(34)25-10-6-8-22-7-4-5-9-24(22)25/h4-17H,1-3H3,(H,32,33). The third-order valence-corrected chi connectivity index (χ3v) is 5.72. The molecule has 36 heavy (non-hydrogen) atoms. The van der Waals surface area contributed by atoms with E-state index in [2.05, 4.69) is 5.32 Å². The highest BCUT2D eigenvalue weighted by Crippen LogP contribution is 2.31. The van der Waals surface area contributed by atoms with Crippen molar-refractivity contribution >= 4 is 34.4 Å². The number of methoxy groups -OCH3 is 1. The molecule has 6 heteroatoms. The number of ether oxygens (including phenoxy) is 2. The number of nitriles is 1. The monoisotopic (exact) mass is 476 g/mol. The second-order valence-electron chi connectivity index (χ2n) is 8.27. The smallest absolute Gasteiger partial charge is 0.344 e. The van der Waals surface area contributed by atoms with Gasteiger partial charge in [0.05, 0.1) is 12.7 Å². The first-order valence-corrected chi connectivity index (χ1v) is 11.3. The van der Waals surface area contributed by atoms with Crippen LogP contribution in [-0.2, 0) is 4.79 Å². The lowest BCUT2D eigenvalue weighted by Gasteiger charge is -2.12. The van der Waals surface area contributed by atoms with Gasteiger partial charge in [-0.05, 0) is 71.7 Å². The van der Waals surface area contributed by atoms with Gasteiger partial charge in [-0.15, -0.1) is 0 Å². The summed E-state index contributed by atoms with van der Waals surface area (Å²) in [5, 5.41) is 14.1. The van der Waals surface area contributed by atoms with Gasteiger partial charge >= 0.3 is 5.97 Å². The lowest BCUT2D eigenvalue weighted by Crippen LogP contribution is -2.14. The molecule has 0 aliphatic rings.